The Hall–Kier alpha value is -5.68. The Balaban J connectivity index is 2.10. The quantitative estimate of drug-likeness (QED) is 0.0863. The lowest BCUT2D eigenvalue weighted by Gasteiger charge is -2.44. The van der Waals surface area contributed by atoms with Gasteiger partial charge in [0, 0.05) is 24.8 Å². The number of aliphatic hydroxyl groups is 1. The zero-order valence-electron chi connectivity index (χ0n) is 30.3. The molecule has 0 aliphatic rings. The molecule has 0 radical (unpaired) electrons. The summed E-state index contributed by atoms with van der Waals surface area (Å²) in [6, 6.07) is 10.5. The first-order valence-electron chi connectivity index (χ1n) is 17.0. The number of H-pyrrole nitrogens is 1. The van der Waals surface area contributed by atoms with Gasteiger partial charge in [-0.3, -0.25) is 24.5 Å². The number of benzene rings is 2. The average molecular weight is 738 g/mol. The van der Waals surface area contributed by atoms with Crippen LogP contribution in [0.4, 0.5) is 10.5 Å². The van der Waals surface area contributed by atoms with Crippen LogP contribution >= 0.6 is 0 Å². The fraction of sp³-hybridized carbons (Fsp3) is 0.444. The number of nitrogens with two attached hydrogens (primary N) is 1. The molecule has 2 aromatic carbocycles. The Morgan fingerprint density at radius 3 is 2.19 bits per heavy atom. The van der Waals surface area contributed by atoms with Gasteiger partial charge in [-0.2, -0.15) is 0 Å². The van der Waals surface area contributed by atoms with Crippen molar-refractivity contribution in [1.82, 2.24) is 25.5 Å². The van der Waals surface area contributed by atoms with Crippen LogP contribution in [-0.2, 0) is 42.3 Å². The maximum absolute atomic E-state index is 14.4. The highest BCUT2D eigenvalue weighted by molar-refractivity contribution is 5.99. The number of imidazole rings is 1. The molecule has 1 unspecified atom stereocenters. The Morgan fingerprint density at radius 2 is 1.68 bits per heavy atom. The molecule has 17 heteroatoms. The zero-order valence-corrected chi connectivity index (χ0v) is 30.3. The minimum absolute atomic E-state index is 0.0834. The maximum Gasteiger partial charge on any atom is 0.418 e. The van der Waals surface area contributed by atoms with E-state index in [1.54, 1.807) is 52.8 Å². The number of amides is 4. The summed E-state index contributed by atoms with van der Waals surface area (Å²) in [5.74, 6) is -4.95. The van der Waals surface area contributed by atoms with Crippen molar-refractivity contribution in [3.05, 3.63) is 94.1 Å². The number of nitro groups is 1. The molecule has 4 amide bonds. The number of nitro benzene ring substituents is 1. The molecule has 0 bridgehead atoms. The number of nitrogens with zero attached hydrogens (tertiary/aromatic N) is 3. The minimum Gasteiger partial charge on any atom is -0.479 e. The predicted molar refractivity (Wildman–Crippen MR) is 191 cm³/mol. The van der Waals surface area contributed by atoms with Gasteiger partial charge in [0.2, 0.25) is 17.7 Å². The summed E-state index contributed by atoms with van der Waals surface area (Å²) in [5.41, 5.74) is 2.76. The number of carboxylic acid groups (broad SMARTS) is 1. The molecule has 0 saturated carbocycles. The summed E-state index contributed by atoms with van der Waals surface area (Å²) in [6.45, 7) is 7.50. The molecule has 7 N–H and O–H groups in total. The summed E-state index contributed by atoms with van der Waals surface area (Å²) >= 11 is 0. The van der Waals surface area contributed by atoms with Crippen LogP contribution in [-0.4, -0.2) is 90.1 Å². The van der Waals surface area contributed by atoms with Gasteiger partial charge in [-0.25, -0.2) is 19.5 Å². The molecule has 3 aromatic rings. The summed E-state index contributed by atoms with van der Waals surface area (Å²) in [7, 11) is 0. The number of carbonyl (C=O) groups excluding carboxylic acids is 4. The monoisotopic (exact) mass is 737 g/mol. The molecule has 5 atom stereocenters. The fourth-order valence-electron chi connectivity index (χ4n) is 5.86. The average Bonchev–Trinajstić information content (AvgIpc) is 3.62. The van der Waals surface area contributed by atoms with Crippen LogP contribution < -0.4 is 16.4 Å². The zero-order chi connectivity index (χ0) is 39.5. The van der Waals surface area contributed by atoms with E-state index in [0.717, 1.165) is 0 Å². The van der Waals surface area contributed by atoms with Gasteiger partial charge in [-0.15, -0.1) is 0 Å². The van der Waals surface area contributed by atoms with E-state index in [9.17, 15) is 44.3 Å². The normalized spacial score (nSPS) is 14.8. The van der Waals surface area contributed by atoms with Crippen molar-refractivity contribution >= 4 is 35.5 Å². The van der Waals surface area contributed by atoms with E-state index < -0.39 is 82.9 Å². The van der Waals surface area contributed by atoms with E-state index in [-0.39, 0.29) is 30.5 Å². The number of aromatic nitrogens is 2. The number of nitrogens with one attached hydrogen (secondary N) is 3. The molecule has 3 rings (SSSR count). The second-order valence-corrected chi connectivity index (χ2v) is 13.6. The number of aromatic amines is 1. The molecule has 0 spiro atoms. The van der Waals surface area contributed by atoms with Gasteiger partial charge in [0.05, 0.1) is 42.1 Å². The molecule has 1 aromatic heterocycles. The van der Waals surface area contributed by atoms with E-state index in [1.165, 1.54) is 48.9 Å². The highest BCUT2D eigenvalue weighted by Gasteiger charge is 2.56. The number of ether oxygens (including phenoxy) is 1. The number of imide groups is 1. The van der Waals surface area contributed by atoms with Gasteiger partial charge < -0.3 is 36.3 Å². The molecular formula is C36H47N7O10. The number of rotatable bonds is 17. The predicted octanol–water partition coefficient (Wildman–Crippen LogP) is 2.57. The highest BCUT2D eigenvalue weighted by Crippen LogP contribution is 2.40. The van der Waals surface area contributed by atoms with E-state index in [0.29, 0.717) is 16.2 Å². The summed E-state index contributed by atoms with van der Waals surface area (Å²) in [5, 5.41) is 39.1. The third-order valence-electron chi connectivity index (χ3n) is 8.63. The van der Waals surface area contributed by atoms with Crippen LogP contribution in [0.2, 0.25) is 0 Å². The van der Waals surface area contributed by atoms with Crippen molar-refractivity contribution in [3.63, 3.8) is 0 Å². The van der Waals surface area contributed by atoms with Crippen LogP contribution in [0.3, 0.4) is 0 Å². The van der Waals surface area contributed by atoms with Gasteiger partial charge in [0.1, 0.15) is 11.6 Å². The fourth-order valence-corrected chi connectivity index (χ4v) is 5.86. The van der Waals surface area contributed by atoms with Crippen LogP contribution in [0.25, 0.3) is 0 Å². The van der Waals surface area contributed by atoms with Crippen LogP contribution in [0.5, 0.6) is 0 Å². The van der Waals surface area contributed by atoms with Crippen molar-refractivity contribution < 1.29 is 43.8 Å². The first-order chi connectivity index (χ1) is 24.9. The highest BCUT2D eigenvalue weighted by atomic mass is 16.6. The SMILES string of the molecule is CC[C@H](C)[C@](C(=O)O)(c1ccccc1)N(C(=O)CC(O)[C@H](Cc1ccc([N+](=O)[O-])cc1)NC(=O)[C@H](Cc1c[nH]cn1)NC(=O)CN)C(=O)OC(C)(C)C. The summed E-state index contributed by atoms with van der Waals surface area (Å²) in [6.07, 6.45) is -1.08. The number of aliphatic hydroxyl groups excluding tert-OH is 1. The number of non-ortho nitro benzene ring substituents is 1. The topological polar surface area (TPSA) is 260 Å². The molecule has 1 heterocycles. The van der Waals surface area contributed by atoms with Crippen molar-refractivity contribution in [3.8, 4) is 0 Å². The Kier molecular flexibility index (Phi) is 14.3. The molecule has 0 saturated heterocycles. The third-order valence-corrected chi connectivity index (χ3v) is 8.63. The van der Waals surface area contributed by atoms with E-state index in [2.05, 4.69) is 20.6 Å². The lowest BCUT2D eigenvalue weighted by Crippen LogP contribution is -2.62. The van der Waals surface area contributed by atoms with Crippen LogP contribution in [0.1, 0.15) is 64.3 Å². The van der Waals surface area contributed by atoms with Gasteiger partial charge in [0.25, 0.3) is 5.69 Å². The second-order valence-electron chi connectivity index (χ2n) is 13.6. The van der Waals surface area contributed by atoms with Crippen molar-refractivity contribution in [1.29, 1.82) is 0 Å². The number of aliphatic carboxylic acids is 1. The number of hydrogen-bond donors (Lipinski definition) is 6. The molecule has 0 aliphatic carbocycles. The summed E-state index contributed by atoms with van der Waals surface area (Å²) in [4.78, 5) is 86.0. The largest absolute Gasteiger partial charge is 0.479 e. The first-order valence-corrected chi connectivity index (χ1v) is 17.0. The van der Waals surface area contributed by atoms with Gasteiger partial charge in [-0.1, -0.05) is 62.7 Å². The first kappa shape index (κ1) is 41.7. The molecule has 17 nitrogen and oxygen atoms in total. The lowest BCUT2D eigenvalue weighted by molar-refractivity contribution is -0.384. The third kappa shape index (κ3) is 10.7. The standard InChI is InChI=1S/C36H47N7O10/c1-6-22(2)36(33(48)49,24-10-8-7-9-11-24)42(34(50)53-35(3,4)5)31(46)18-29(44)27(16-23-12-14-26(15-13-23)43(51)52)41-32(47)28(40-30(45)19-37)17-25-20-38-21-39-25/h7-15,20-22,27-29,44H,6,16-19,37H2,1-5H3,(H,38,39)(H,40,45)(H,41,47)(H,48,49)/t22-,27-,28-,29?,36+/m0/s1. The molecule has 286 valence electrons. The molecule has 0 aliphatic heterocycles. The second kappa shape index (κ2) is 18.2. The lowest BCUT2D eigenvalue weighted by atomic mass is 9.75. The van der Waals surface area contributed by atoms with Crippen molar-refractivity contribution in [2.45, 2.75) is 89.6 Å². The Morgan fingerprint density at radius 1 is 1.04 bits per heavy atom. The Bertz CT molecular complexity index is 1730. The Labute approximate surface area is 306 Å². The van der Waals surface area contributed by atoms with Gasteiger partial charge in [-0.05, 0) is 44.2 Å². The maximum atomic E-state index is 14.4. The van der Waals surface area contributed by atoms with Gasteiger partial charge >= 0.3 is 12.1 Å². The number of hydrogen-bond acceptors (Lipinski definition) is 11. The van der Waals surface area contributed by atoms with Crippen molar-refractivity contribution in [2.24, 2.45) is 11.7 Å². The van der Waals surface area contributed by atoms with Crippen molar-refractivity contribution in [2.75, 3.05) is 6.54 Å². The van der Waals surface area contributed by atoms with E-state index in [4.69, 9.17) is 10.5 Å². The van der Waals surface area contributed by atoms with Crippen LogP contribution in [0.15, 0.2) is 67.1 Å². The minimum atomic E-state index is -2.28. The molecule has 53 heavy (non-hydrogen) atoms. The van der Waals surface area contributed by atoms with Gasteiger partial charge in [0.15, 0.2) is 5.54 Å². The smallest absolute Gasteiger partial charge is 0.418 e. The number of carboxylic acids is 1. The number of carbonyl (C=O) groups is 5. The van der Waals surface area contributed by atoms with E-state index >= 15 is 0 Å². The molecule has 0 fully saturated rings. The van der Waals surface area contributed by atoms with E-state index in [1.807, 2.05) is 0 Å². The summed E-state index contributed by atoms with van der Waals surface area (Å²) < 4.78 is 5.59. The molecular weight excluding hydrogens is 690 g/mol. The van der Waals surface area contributed by atoms with Crippen LogP contribution in [0, 0.1) is 16.0 Å².